The predicted octanol–water partition coefficient (Wildman–Crippen LogP) is 1.74. The molecule has 1 amide bonds. The molecule has 3 saturated carbocycles. The van der Waals surface area contributed by atoms with Gasteiger partial charge >= 0.3 is 11.9 Å². The van der Waals surface area contributed by atoms with Crippen molar-refractivity contribution in [3.8, 4) is 0 Å². The lowest BCUT2D eigenvalue weighted by Gasteiger charge is -2.60. The third-order valence-electron chi connectivity index (χ3n) is 11.2. The Labute approximate surface area is 256 Å². The second kappa shape index (κ2) is 12.2. The smallest absolute Gasteiger partial charge is 0.328 e. The van der Waals surface area contributed by atoms with Crippen LogP contribution in [0.15, 0.2) is 24.2 Å². The molecule has 8 atom stereocenters. The topological polar surface area (TPSA) is 185 Å². The molecule has 0 radical (unpaired) electrons. The summed E-state index contributed by atoms with van der Waals surface area (Å²) in [7, 11) is 1.21. The summed E-state index contributed by atoms with van der Waals surface area (Å²) >= 11 is 0. The summed E-state index contributed by atoms with van der Waals surface area (Å²) in [5.74, 6) is -2.41. The minimum absolute atomic E-state index is 0.00441. The van der Waals surface area contributed by atoms with Crippen molar-refractivity contribution in [3.05, 3.63) is 29.9 Å². The average Bonchev–Trinajstić information content (AvgIpc) is 3.60. The van der Waals surface area contributed by atoms with Crippen molar-refractivity contribution < 1.29 is 43.7 Å². The molecule has 0 aliphatic heterocycles. The van der Waals surface area contributed by atoms with E-state index >= 15 is 0 Å². The van der Waals surface area contributed by atoms with E-state index in [1.807, 2.05) is 6.92 Å². The number of esters is 2. The number of amides is 1. The van der Waals surface area contributed by atoms with Crippen LogP contribution in [-0.4, -0.2) is 81.1 Å². The molecule has 4 N–H and O–H groups in total. The van der Waals surface area contributed by atoms with Crippen LogP contribution in [0.2, 0.25) is 0 Å². The van der Waals surface area contributed by atoms with E-state index in [0.717, 1.165) is 18.4 Å². The fourth-order valence-corrected chi connectivity index (χ4v) is 8.92. The minimum atomic E-state index is -1.76. The summed E-state index contributed by atoms with van der Waals surface area (Å²) in [5, 5.41) is 25.9. The van der Waals surface area contributed by atoms with Crippen molar-refractivity contribution >= 4 is 29.4 Å². The average molecular weight is 614 g/mol. The molecule has 4 aliphatic rings. The largest absolute Gasteiger partial charge is 0.467 e. The molecule has 240 valence electrons. The number of methoxy groups -OCH3 is 1. The number of aliphatic hydroxyl groups excluding tert-OH is 1. The number of allylic oxidation sites excluding steroid dienone is 1. The number of imidazole rings is 1. The molecule has 5 rings (SSSR count). The number of H-pyrrole nitrogens is 1. The molecule has 0 bridgehead atoms. The van der Waals surface area contributed by atoms with Crippen LogP contribution in [0.25, 0.3) is 0 Å². The Morgan fingerprint density at radius 1 is 1.16 bits per heavy atom. The Morgan fingerprint density at radius 3 is 2.64 bits per heavy atom. The number of aromatic amines is 1. The Bertz CT molecular complexity index is 1340. The van der Waals surface area contributed by atoms with E-state index in [1.54, 1.807) is 6.08 Å². The molecular formula is C32H43N3O9. The van der Waals surface area contributed by atoms with Gasteiger partial charge in [-0.2, -0.15) is 0 Å². The summed E-state index contributed by atoms with van der Waals surface area (Å²) in [4.78, 5) is 69.4. The highest BCUT2D eigenvalue weighted by atomic mass is 16.5. The van der Waals surface area contributed by atoms with Gasteiger partial charge < -0.3 is 30.0 Å². The van der Waals surface area contributed by atoms with Gasteiger partial charge in [0, 0.05) is 36.6 Å². The predicted molar refractivity (Wildman–Crippen MR) is 154 cm³/mol. The summed E-state index contributed by atoms with van der Waals surface area (Å²) in [5.41, 5.74) is -1.20. The molecule has 4 aliphatic carbocycles. The fourth-order valence-electron chi connectivity index (χ4n) is 8.92. The number of hydrogen-bond donors (Lipinski definition) is 4. The maximum Gasteiger partial charge on any atom is 0.328 e. The van der Waals surface area contributed by atoms with Crippen LogP contribution in [-0.2, 0) is 39.9 Å². The van der Waals surface area contributed by atoms with E-state index in [-0.39, 0.29) is 61.1 Å². The lowest BCUT2D eigenvalue weighted by atomic mass is 9.45. The van der Waals surface area contributed by atoms with E-state index in [4.69, 9.17) is 9.47 Å². The first kappa shape index (κ1) is 32.0. The first-order valence-corrected chi connectivity index (χ1v) is 15.5. The number of ether oxygens (including phenoxy) is 2. The van der Waals surface area contributed by atoms with Crippen LogP contribution in [0.5, 0.6) is 0 Å². The van der Waals surface area contributed by atoms with Crippen LogP contribution in [0.3, 0.4) is 0 Å². The van der Waals surface area contributed by atoms with Gasteiger partial charge in [0.2, 0.25) is 11.7 Å². The standard InChI is InChI=1S/C32H43N3O9/c1-30-10-8-20(36)12-18(30)4-5-21-22-9-11-32(42,31(22,2)14-24(37)28(21)30)25(38)16-44-27(40)7-6-26(39)35-23(29(41)43-3)13-19-15-33-17-34-19/h12,15,17,21-24,28,37,42H,4-11,13-14,16H2,1-3H3,(H,33,34)(H,35,39). The van der Waals surface area contributed by atoms with Crippen LogP contribution in [0.1, 0.15) is 77.3 Å². The van der Waals surface area contributed by atoms with Crippen molar-refractivity contribution in [2.75, 3.05) is 13.7 Å². The first-order chi connectivity index (χ1) is 20.8. The van der Waals surface area contributed by atoms with E-state index in [1.165, 1.54) is 19.6 Å². The van der Waals surface area contributed by atoms with Gasteiger partial charge in [0.25, 0.3) is 0 Å². The Morgan fingerprint density at radius 2 is 1.93 bits per heavy atom. The summed E-state index contributed by atoms with van der Waals surface area (Å²) in [6.45, 7) is 3.38. The van der Waals surface area contributed by atoms with Gasteiger partial charge in [-0.1, -0.05) is 19.4 Å². The lowest BCUT2D eigenvalue weighted by molar-refractivity contribution is -0.184. The summed E-state index contributed by atoms with van der Waals surface area (Å²) in [6, 6.07) is -0.976. The number of ketones is 2. The zero-order chi connectivity index (χ0) is 31.9. The van der Waals surface area contributed by atoms with Crippen LogP contribution in [0.4, 0.5) is 0 Å². The second-order valence-corrected chi connectivity index (χ2v) is 13.5. The third kappa shape index (κ3) is 5.62. The SMILES string of the molecule is COC(=O)C(Cc1cnc[nH]1)NC(=O)CCC(=O)OCC(=O)C1(O)CCC2C3CCC4=CC(=O)CCC4(C)C3C(O)CC21C. The molecule has 1 aromatic rings. The van der Waals surface area contributed by atoms with Gasteiger partial charge in [-0.3, -0.25) is 19.2 Å². The van der Waals surface area contributed by atoms with Crippen molar-refractivity contribution in [2.24, 2.45) is 28.6 Å². The first-order valence-electron chi connectivity index (χ1n) is 15.5. The number of carbonyl (C=O) groups is 5. The number of carbonyl (C=O) groups excluding carboxylic acids is 5. The lowest BCUT2D eigenvalue weighted by Crippen LogP contribution is -2.62. The highest BCUT2D eigenvalue weighted by Crippen LogP contribution is 2.67. The van der Waals surface area contributed by atoms with Gasteiger partial charge in [-0.05, 0) is 67.8 Å². The monoisotopic (exact) mass is 613 g/mol. The van der Waals surface area contributed by atoms with Gasteiger partial charge in [-0.15, -0.1) is 0 Å². The molecule has 12 nitrogen and oxygen atoms in total. The normalized spacial score (nSPS) is 34.9. The van der Waals surface area contributed by atoms with Crippen molar-refractivity contribution in [3.63, 3.8) is 0 Å². The van der Waals surface area contributed by atoms with Gasteiger partial charge in [0.05, 0.1) is 26.0 Å². The fraction of sp³-hybridized carbons (Fsp3) is 0.688. The summed E-state index contributed by atoms with van der Waals surface area (Å²) < 4.78 is 9.96. The number of nitrogens with zero attached hydrogens (tertiary/aromatic N) is 1. The molecule has 0 aromatic carbocycles. The molecule has 1 heterocycles. The molecule has 0 saturated heterocycles. The number of nitrogens with one attached hydrogen (secondary N) is 2. The highest BCUT2D eigenvalue weighted by Gasteiger charge is 2.68. The molecule has 1 aromatic heterocycles. The number of rotatable bonds is 10. The molecule has 0 spiro atoms. The minimum Gasteiger partial charge on any atom is -0.467 e. The van der Waals surface area contributed by atoms with Crippen LogP contribution < -0.4 is 5.32 Å². The number of aromatic nitrogens is 2. The van der Waals surface area contributed by atoms with E-state index in [0.29, 0.717) is 25.0 Å². The van der Waals surface area contributed by atoms with Gasteiger partial charge in [0.15, 0.2) is 12.4 Å². The van der Waals surface area contributed by atoms with Crippen molar-refractivity contribution in [1.29, 1.82) is 0 Å². The molecular weight excluding hydrogens is 570 g/mol. The number of Topliss-reactive ketones (excluding diaryl/α,β-unsaturated/α-hetero) is 1. The molecule has 3 fully saturated rings. The second-order valence-electron chi connectivity index (χ2n) is 13.5. The van der Waals surface area contributed by atoms with Crippen LogP contribution in [0, 0.1) is 28.6 Å². The Balaban J connectivity index is 1.16. The van der Waals surface area contributed by atoms with E-state index in [2.05, 4.69) is 22.2 Å². The highest BCUT2D eigenvalue weighted by molar-refractivity contribution is 5.92. The zero-order valence-electron chi connectivity index (χ0n) is 25.6. The quantitative estimate of drug-likeness (QED) is 0.283. The molecule has 44 heavy (non-hydrogen) atoms. The van der Waals surface area contributed by atoms with Crippen molar-refractivity contribution in [2.45, 2.75) is 95.8 Å². The van der Waals surface area contributed by atoms with E-state index < -0.39 is 53.4 Å². The Kier molecular flexibility index (Phi) is 8.87. The maximum absolute atomic E-state index is 13.5. The van der Waals surface area contributed by atoms with Crippen molar-refractivity contribution in [1.82, 2.24) is 15.3 Å². The Hall–Kier alpha value is -3.38. The molecule has 12 heteroatoms. The number of hydrogen-bond acceptors (Lipinski definition) is 10. The van der Waals surface area contributed by atoms with Crippen LogP contribution >= 0.6 is 0 Å². The summed E-state index contributed by atoms with van der Waals surface area (Å²) in [6.07, 6.45) is 7.31. The van der Waals surface area contributed by atoms with Gasteiger partial charge in [0.1, 0.15) is 11.6 Å². The number of fused-ring (bicyclic) bond motifs is 5. The zero-order valence-corrected chi connectivity index (χ0v) is 25.6. The molecule has 8 unspecified atom stereocenters. The third-order valence-corrected chi connectivity index (χ3v) is 11.2. The number of aliphatic hydroxyl groups is 2. The maximum atomic E-state index is 13.5. The van der Waals surface area contributed by atoms with Gasteiger partial charge in [-0.25, -0.2) is 9.78 Å². The van der Waals surface area contributed by atoms with E-state index in [9.17, 15) is 34.2 Å².